The van der Waals surface area contributed by atoms with Crippen LogP contribution < -0.4 is 4.74 Å². The molecule has 1 aromatic carbocycles. The van der Waals surface area contributed by atoms with Crippen molar-refractivity contribution in [2.24, 2.45) is 0 Å². The molecule has 1 saturated heterocycles. The first-order valence-electron chi connectivity index (χ1n) is 8.94. The lowest BCUT2D eigenvalue weighted by molar-refractivity contribution is -0.134. The number of amides is 1. The molecule has 1 aliphatic rings. The molecular weight excluding hydrogens is 342 g/mol. The zero-order chi connectivity index (χ0) is 18.6. The zero-order valence-corrected chi connectivity index (χ0v) is 14.8. The normalized spacial score (nSPS) is 16.9. The smallest absolute Gasteiger partial charge is 0.251 e. The van der Waals surface area contributed by atoms with Gasteiger partial charge in [0.05, 0.1) is 6.54 Å². The van der Waals surface area contributed by atoms with E-state index in [0.29, 0.717) is 19.6 Å². The molecule has 3 aromatic rings. The standard InChI is InChI=1S/C20H19N5O2/c21-12-17-20(23-9-8-22-17)27-16-5-3-10-25(13-16)19(26)14-24-11-7-15-4-1-2-6-18(15)24/h1-2,4,6-9,11,16H,3,5,10,13-14H2/t16-/m1/s1. The summed E-state index contributed by atoms with van der Waals surface area (Å²) < 4.78 is 7.84. The number of carbonyl (C=O) groups is 1. The van der Waals surface area contributed by atoms with Crippen molar-refractivity contribution in [1.29, 1.82) is 5.26 Å². The quantitative estimate of drug-likeness (QED) is 0.712. The maximum atomic E-state index is 12.8. The number of hydrogen-bond donors (Lipinski definition) is 0. The molecule has 27 heavy (non-hydrogen) atoms. The molecule has 7 nitrogen and oxygen atoms in total. The average Bonchev–Trinajstić information content (AvgIpc) is 3.11. The predicted molar refractivity (Wildman–Crippen MR) is 98.9 cm³/mol. The second kappa shape index (κ2) is 7.46. The Labute approximate surface area is 156 Å². The summed E-state index contributed by atoms with van der Waals surface area (Å²) in [4.78, 5) is 22.7. The molecule has 2 aromatic heterocycles. The lowest BCUT2D eigenvalue weighted by atomic mass is 10.1. The van der Waals surface area contributed by atoms with Gasteiger partial charge in [-0.3, -0.25) is 4.79 Å². The monoisotopic (exact) mass is 361 g/mol. The minimum absolute atomic E-state index is 0.0595. The van der Waals surface area contributed by atoms with Gasteiger partial charge in [-0.15, -0.1) is 0 Å². The van der Waals surface area contributed by atoms with Crippen molar-refractivity contribution >= 4 is 16.8 Å². The number of carbonyl (C=O) groups excluding carboxylic acids is 1. The Hall–Kier alpha value is -3.40. The molecule has 0 bridgehead atoms. The molecule has 1 fully saturated rings. The maximum absolute atomic E-state index is 12.8. The van der Waals surface area contributed by atoms with E-state index >= 15 is 0 Å². The summed E-state index contributed by atoms with van der Waals surface area (Å²) in [6, 6.07) is 12.0. The fourth-order valence-corrected chi connectivity index (χ4v) is 3.43. The maximum Gasteiger partial charge on any atom is 0.251 e. The number of likely N-dealkylation sites (tertiary alicyclic amines) is 1. The van der Waals surface area contributed by atoms with Gasteiger partial charge in [0.25, 0.3) is 5.88 Å². The number of benzene rings is 1. The van der Waals surface area contributed by atoms with Crippen LogP contribution in [0.5, 0.6) is 5.88 Å². The van der Waals surface area contributed by atoms with Crippen molar-refractivity contribution < 1.29 is 9.53 Å². The first kappa shape index (κ1) is 17.0. The molecule has 0 aliphatic carbocycles. The average molecular weight is 361 g/mol. The zero-order valence-electron chi connectivity index (χ0n) is 14.8. The molecule has 0 spiro atoms. The van der Waals surface area contributed by atoms with Crippen molar-refractivity contribution in [3.05, 3.63) is 54.6 Å². The molecular formula is C20H19N5O2. The van der Waals surface area contributed by atoms with Crippen molar-refractivity contribution in [2.45, 2.75) is 25.5 Å². The molecule has 0 N–H and O–H groups in total. The number of nitrogens with zero attached hydrogens (tertiary/aromatic N) is 5. The van der Waals surface area contributed by atoms with Gasteiger partial charge in [-0.2, -0.15) is 5.26 Å². The van der Waals surface area contributed by atoms with Gasteiger partial charge < -0.3 is 14.2 Å². The highest BCUT2D eigenvalue weighted by molar-refractivity contribution is 5.83. The van der Waals surface area contributed by atoms with Crippen molar-refractivity contribution in [1.82, 2.24) is 19.4 Å². The lowest BCUT2D eigenvalue weighted by Gasteiger charge is -2.32. The first-order chi connectivity index (χ1) is 13.2. The summed E-state index contributed by atoms with van der Waals surface area (Å²) in [5.41, 5.74) is 1.22. The van der Waals surface area contributed by atoms with Gasteiger partial charge in [-0.05, 0) is 30.4 Å². The van der Waals surface area contributed by atoms with Gasteiger partial charge in [0.1, 0.15) is 18.7 Å². The van der Waals surface area contributed by atoms with Crippen molar-refractivity contribution in [3.63, 3.8) is 0 Å². The molecule has 1 atom stereocenters. The second-order valence-corrected chi connectivity index (χ2v) is 6.55. The third-order valence-electron chi connectivity index (χ3n) is 4.77. The van der Waals surface area contributed by atoms with Crippen LogP contribution in [0.4, 0.5) is 0 Å². The molecule has 3 heterocycles. The summed E-state index contributed by atoms with van der Waals surface area (Å²) in [7, 11) is 0. The van der Waals surface area contributed by atoms with E-state index in [2.05, 4.69) is 9.97 Å². The van der Waals surface area contributed by atoms with Crippen LogP contribution in [0.2, 0.25) is 0 Å². The molecule has 136 valence electrons. The van der Waals surface area contributed by atoms with Crippen LogP contribution in [-0.2, 0) is 11.3 Å². The van der Waals surface area contributed by atoms with Crippen LogP contribution >= 0.6 is 0 Å². The van der Waals surface area contributed by atoms with Crippen molar-refractivity contribution in [2.75, 3.05) is 13.1 Å². The van der Waals surface area contributed by atoms with E-state index in [1.807, 2.05) is 52.1 Å². The number of piperidine rings is 1. The Morgan fingerprint density at radius 2 is 2.11 bits per heavy atom. The van der Waals surface area contributed by atoms with Gasteiger partial charge in [-0.25, -0.2) is 9.97 Å². The van der Waals surface area contributed by atoms with E-state index in [0.717, 1.165) is 23.7 Å². The number of rotatable bonds is 4. The van der Waals surface area contributed by atoms with E-state index < -0.39 is 0 Å². The summed E-state index contributed by atoms with van der Waals surface area (Å²) in [6.07, 6.45) is 6.39. The van der Waals surface area contributed by atoms with Crippen LogP contribution in [0, 0.1) is 11.3 Å². The third-order valence-corrected chi connectivity index (χ3v) is 4.77. The second-order valence-electron chi connectivity index (χ2n) is 6.55. The predicted octanol–water partition coefficient (Wildman–Crippen LogP) is 2.37. The van der Waals surface area contributed by atoms with E-state index in [-0.39, 0.29) is 23.6 Å². The first-order valence-corrected chi connectivity index (χ1v) is 8.94. The number of ether oxygens (including phenoxy) is 1. The minimum Gasteiger partial charge on any atom is -0.470 e. The lowest BCUT2D eigenvalue weighted by Crippen LogP contribution is -2.45. The van der Waals surface area contributed by atoms with Crippen molar-refractivity contribution in [3.8, 4) is 11.9 Å². The number of hydrogen-bond acceptors (Lipinski definition) is 5. The van der Waals surface area contributed by atoms with Gasteiger partial charge in [0.15, 0.2) is 0 Å². The van der Waals surface area contributed by atoms with E-state index in [4.69, 9.17) is 10.00 Å². The van der Waals surface area contributed by atoms with E-state index in [1.165, 1.54) is 12.4 Å². The highest BCUT2D eigenvalue weighted by Crippen LogP contribution is 2.20. The Balaban J connectivity index is 1.43. The highest BCUT2D eigenvalue weighted by atomic mass is 16.5. The number of fused-ring (bicyclic) bond motifs is 1. The summed E-state index contributed by atoms with van der Waals surface area (Å²) in [5, 5.41) is 10.2. The Morgan fingerprint density at radius 3 is 3.00 bits per heavy atom. The SMILES string of the molecule is N#Cc1nccnc1O[C@@H]1CCCN(C(=O)Cn2ccc3ccccc32)C1. The van der Waals surface area contributed by atoms with Gasteiger partial charge in [-0.1, -0.05) is 18.2 Å². The summed E-state index contributed by atoms with van der Waals surface area (Å²) in [6.45, 7) is 1.50. The molecule has 1 aliphatic heterocycles. The molecule has 0 unspecified atom stereocenters. The fraction of sp³-hybridized carbons (Fsp3) is 0.300. The van der Waals surface area contributed by atoms with Gasteiger partial charge >= 0.3 is 0 Å². The number of nitriles is 1. The van der Waals surface area contributed by atoms with Gasteiger partial charge in [0, 0.05) is 30.7 Å². The largest absolute Gasteiger partial charge is 0.470 e. The third kappa shape index (κ3) is 3.60. The molecule has 7 heteroatoms. The number of para-hydroxylation sites is 1. The number of aromatic nitrogens is 3. The Morgan fingerprint density at radius 1 is 1.26 bits per heavy atom. The topological polar surface area (TPSA) is 84.0 Å². The molecule has 0 saturated carbocycles. The summed E-state index contributed by atoms with van der Waals surface area (Å²) in [5.74, 6) is 0.292. The van der Waals surface area contributed by atoms with Crippen LogP contribution in [0.25, 0.3) is 10.9 Å². The van der Waals surface area contributed by atoms with Crippen LogP contribution in [0.3, 0.4) is 0 Å². The van der Waals surface area contributed by atoms with E-state index in [1.54, 1.807) is 0 Å². The van der Waals surface area contributed by atoms with E-state index in [9.17, 15) is 4.79 Å². The highest BCUT2D eigenvalue weighted by Gasteiger charge is 2.26. The van der Waals surface area contributed by atoms with Crippen LogP contribution in [-0.4, -0.2) is 44.5 Å². The molecule has 1 amide bonds. The fourth-order valence-electron chi connectivity index (χ4n) is 3.43. The Kier molecular flexibility index (Phi) is 4.71. The Bertz CT molecular complexity index is 1010. The minimum atomic E-state index is -0.187. The van der Waals surface area contributed by atoms with Crippen LogP contribution in [0.15, 0.2) is 48.9 Å². The molecule has 4 rings (SSSR count). The van der Waals surface area contributed by atoms with Gasteiger partial charge in [0.2, 0.25) is 11.6 Å². The summed E-state index contributed by atoms with van der Waals surface area (Å²) >= 11 is 0. The molecule has 0 radical (unpaired) electrons. The van der Waals surface area contributed by atoms with Crippen LogP contribution in [0.1, 0.15) is 18.5 Å².